The summed E-state index contributed by atoms with van der Waals surface area (Å²) in [6.07, 6.45) is 4.68. The molecule has 4 amide bonds. The molecule has 11 nitrogen and oxygen atoms in total. The average Bonchev–Trinajstić information content (AvgIpc) is 3.28. The number of rotatable bonds is 3. The van der Waals surface area contributed by atoms with Gasteiger partial charge in [0.05, 0.1) is 12.7 Å². The number of hydrogen-bond donors (Lipinski definition) is 3. The van der Waals surface area contributed by atoms with Gasteiger partial charge in [0.1, 0.15) is 17.2 Å². The summed E-state index contributed by atoms with van der Waals surface area (Å²) < 4.78 is 10.5. The van der Waals surface area contributed by atoms with Gasteiger partial charge in [-0.1, -0.05) is 12.2 Å². The molecule has 2 heterocycles. The van der Waals surface area contributed by atoms with Crippen molar-refractivity contribution in [3.8, 4) is 0 Å². The van der Waals surface area contributed by atoms with Gasteiger partial charge < -0.3 is 24.8 Å². The number of hydrazine groups is 1. The molecule has 0 aromatic heterocycles. The Hall–Kier alpha value is -2.82. The number of ether oxygens (including phenoxy) is 2. The number of carbonyl (C=O) groups is 4. The molecule has 1 saturated heterocycles. The Labute approximate surface area is 199 Å². The van der Waals surface area contributed by atoms with E-state index in [0.717, 1.165) is 11.4 Å². The Bertz CT molecular complexity index is 840. The molecule has 3 N–H and O–H groups in total. The third-order valence-electron chi connectivity index (χ3n) is 6.05. The van der Waals surface area contributed by atoms with Crippen LogP contribution in [0.1, 0.15) is 59.8 Å². The number of nitrogens with zero attached hydrogens (tertiary/aromatic N) is 2. The van der Waals surface area contributed by atoms with Crippen molar-refractivity contribution in [1.29, 1.82) is 0 Å². The Morgan fingerprint density at radius 3 is 2.71 bits per heavy atom. The lowest BCUT2D eigenvalue weighted by atomic mass is 10.1. The number of nitrogens with one attached hydrogen (secondary N) is 2. The molecule has 34 heavy (non-hydrogen) atoms. The predicted octanol–water partition coefficient (Wildman–Crippen LogP) is 1.46. The molecule has 1 saturated carbocycles. The van der Waals surface area contributed by atoms with Gasteiger partial charge in [0, 0.05) is 25.4 Å². The van der Waals surface area contributed by atoms with Gasteiger partial charge in [-0.3, -0.25) is 4.79 Å². The van der Waals surface area contributed by atoms with Gasteiger partial charge in [-0.25, -0.2) is 24.8 Å². The van der Waals surface area contributed by atoms with Crippen molar-refractivity contribution in [2.45, 2.75) is 83.1 Å². The normalized spacial score (nSPS) is 30.0. The van der Waals surface area contributed by atoms with Crippen molar-refractivity contribution in [3.05, 3.63) is 12.2 Å². The highest BCUT2D eigenvalue weighted by atomic mass is 16.6. The number of carbonyl (C=O) groups excluding carboxylic acids is 4. The molecule has 0 radical (unpaired) electrons. The molecule has 0 aromatic rings. The lowest BCUT2D eigenvalue weighted by molar-refractivity contribution is -0.149. The second kappa shape index (κ2) is 10.2. The standard InChI is InChI=1S/C23H36N4O7/c1-5-33-19(30)23-13-15(23)10-8-6-7-9-11-27(25-20(31)34-22(2,3)4)21(32)26-14-16(28)12-17(26)18(29)24-23/h8,10,15-17,28H,5-7,9,11-14H2,1-4H3,(H,24,29)(H,25,31)/t15-,16+,17+,23-/m1/s1. The molecule has 3 rings (SSSR count). The number of allylic oxidation sites excluding steroid dienone is 1. The topological polar surface area (TPSA) is 138 Å². The van der Waals surface area contributed by atoms with Gasteiger partial charge in [-0.05, 0) is 53.4 Å². The molecule has 11 heteroatoms. The first-order valence-corrected chi connectivity index (χ1v) is 11.9. The molecule has 0 spiro atoms. The molecular formula is C23H36N4O7. The largest absolute Gasteiger partial charge is 0.464 e. The zero-order valence-corrected chi connectivity index (χ0v) is 20.3. The van der Waals surface area contributed by atoms with Gasteiger partial charge in [0.15, 0.2) is 0 Å². The Kier molecular flexibility index (Phi) is 7.74. The summed E-state index contributed by atoms with van der Waals surface area (Å²) in [5, 5.41) is 14.2. The van der Waals surface area contributed by atoms with Gasteiger partial charge in [0.25, 0.3) is 0 Å². The van der Waals surface area contributed by atoms with Crippen molar-refractivity contribution >= 4 is 24.0 Å². The van der Waals surface area contributed by atoms with Crippen LogP contribution in [0.3, 0.4) is 0 Å². The van der Waals surface area contributed by atoms with Crippen molar-refractivity contribution in [3.63, 3.8) is 0 Å². The highest BCUT2D eigenvalue weighted by Gasteiger charge is 2.62. The van der Waals surface area contributed by atoms with E-state index in [0.29, 0.717) is 19.3 Å². The number of hydrogen-bond acceptors (Lipinski definition) is 7. The van der Waals surface area contributed by atoms with E-state index >= 15 is 0 Å². The highest BCUT2D eigenvalue weighted by molar-refractivity contribution is 5.95. The molecular weight excluding hydrogens is 444 g/mol. The third-order valence-corrected chi connectivity index (χ3v) is 6.05. The summed E-state index contributed by atoms with van der Waals surface area (Å²) >= 11 is 0. The van der Waals surface area contributed by atoms with E-state index in [1.807, 2.05) is 12.2 Å². The minimum Gasteiger partial charge on any atom is -0.464 e. The summed E-state index contributed by atoms with van der Waals surface area (Å²) in [5.74, 6) is -1.22. The number of aliphatic hydroxyl groups excluding tert-OH is 1. The molecule has 1 aliphatic carbocycles. The molecule has 0 aromatic carbocycles. The lowest BCUT2D eigenvalue weighted by Gasteiger charge is -2.32. The van der Waals surface area contributed by atoms with E-state index in [4.69, 9.17) is 9.47 Å². The first-order valence-electron chi connectivity index (χ1n) is 11.9. The van der Waals surface area contributed by atoms with Gasteiger partial charge in [-0.15, -0.1) is 0 Å². The van der Waals surface area contributed by atoms with E-state index in [2.05, 4.69) is 10.7 Å². The van der Waals surface area contributed by atoms with Crippen LogP contribution in [0.15, 0.2) is 12.2 Å². The van der Waals surface area contributed by atoms with Crippen molar-refractivity contribution in [2.24, 2.45) is 5.92 Å². The fourth-order valence-electron chi connectivity index (χ4n) is 4.34. The Morgan fingerprint density at radius 2 is 2.03 bits per heavy atom. The maximum Gasteiger partial charge on any atom is 0.426 e. The first kappa shape index (κ1) is 25.8. The summed E-state index contributed by atoms with van der Waals surface area (Å²) in [6, 6.07) is -1.61. The van der Waals surface area contributed by atoms with E-state index in [-0.39, 0.29) is 32.0 Å². The Morgan fingerprint density at radius 1 is 1.29 bits per heavy atom. The third kappa shape index (κ3) is 5.99. The first-order chi connectivity index (χ1) is 16.0. The van der Waals surface area contributed by atoms with Gasteiger partial charge in [0.2, 0.25) is 5.91 Å². The van der Waals surface area contributed by atoms with Crippen LogP contribution in [-0.2, 0) is 19.1 Å². The number of amides is 4. The summed E-state index contributed by atoms with van der Waals surface area (Å²) in [4.78, 5) is 52.9. The van der Waals surface area contributed by atoms with Crippen LogP contribution in [0.25, 0.3) is 0 Å². The molecule has 0 bridgehead atoms. The van der Waals surface area contributed by atoms with Gasteiger partial charge in [-0.2, -0.15) is 0 Å². The molecule has 3 aliphatic rings. The quantitative estimate of drug-likeness (QED) is 0.411. The van der Waals surface area contributed by atoms with E-state index in [1.54, 1.807) is 27.7 Å². The predicted molar refractivity (Wildman–Crippen MR) is 121 cm³/mol. The highest BCUT2D eigenvalue weighted by Crippen LogP contribution is 2.46. The van der Waals surface area contributed by atoms with Crippen LogP contribution in [0.2, 0.25) is 0 Å². The smallest absolute Gasteiger partial charge is 0.426 e. The average molecular weight is 481 g/mol. The van der Waals surface area contributed by atoms with Crippen LogP contribution >= 0.6 is 0 Å². The van der Waals surface area contributed by atoms with Crippen molar-refractivity contribution in [1.82, 2.24) is 20.7 Å². The minimum atomic E-state index is -1.16. The number of urea groups is 1. The Balaban J connectivity index is 1.84. The van der Waals surface area contributed by atoms with E-state index in [1.165, 1.54) is 4.90 Å². The van der Waals surface area contributed by atoms with Crippen LogP contribution in [0.4, 0.5) is 9.59 Å². The fraction of sp³-hybridized carbons (Fsp3) is 0.739. The second-order valence-electron chi connectivity index (χ2n) is 10.0. The summed E-state index contributed by atoms with van der Waals surface area (Å²) in [6.45, 7) is 7.17. The molecule has 0 unspecified atom stereocenters. The minimum absolute atomic E-state index is 0.0251. The number of fused-ring (bicyclic) bond motifs is 2. The van der Waals surface area contributed by atoms with Gasteiger partial charge >= 0.3 is 18.1 Å². The van der Waals surface area contributed by atoms with Crippen LogP contribution in [-0.4, -0.2) is 82.0 Å². The maximum atomic E-state index is 13.4. The van der Waals surface area contributed by atoms with Crippen LogP contribution in [0, 0.1) is 5.92 Å². The summed E-state index contributed by atoms with van der Waals surface area (Å²) in [7, 11) is 0. The molecule has 2 fully saturated rings. The van der Waals surface area contributed by atoms with E-state index in [9.17, 15) is 24.3 Å². The zero-order chi connectivity index (χ0) is 25.1. The van der Waals surface area contributed by atoms with Crippen LogP contribution in [0.5, 0.6) is 0 Å². The van der Waals surface area contributed by atoms with Crippen molar-refractivity contribution < 1.29 is 33.8 Å². The number of aliphatic hydroxyl groups is 1. The SMILES string of the molecule is CCOC(=O)[C@@]12C[C@H]1C=CCCCCN(NC(=O)OC(C)(C)C)C(=O)N1C[C@@H](O)C[C@H]1C(=O)N2. The lowest BCUT2D eigenvalue weighted by Crippen LogP contribution is -2.58. The fourth-order valence-corrected chi connectivity index (χ4v) is 4.34. The second-order valence-corrected chi connectivity index (χ2v) is 10.0. The van der Waals surface area contributed by atoms with E-state index < -0.39 is 47.3 Å². The van der Waals surface area contributed by atoms with Crippen molar-refractivity contribution in [2.75, 3.05) is 19.7 Å². The molecule has 2 aliphatic heterocycles. The monoisotopic (exact) mass is 480 g/mol. The molecule has 190 valence electrons. The number of esters is 1. The molecule has 4 atom stereocenters. The van der Waals surface area contributed by atoms with Crippen LogP contribution < -0.4 is 10.7 Å². The summed E-state index contributed by atoms with van der Waals surface area (Å²) in [5.41, 5.74) is 0.565. The zero-order valence-electron chi connectivity index (χ0n) is 20.3. The maximum absolute atomic E-state index is 13.4.